The summed E-state index contributed by atoms with van der Waals surface area (Å²) in [5.74, 6) is -0.311. The van der Waals surface area contributed by atoms with Crippen LogP contribution in [-0.4, -0.2) is 84.3 Å². The van der Waals surface area contributed by atoms with Crippen molar-refractivity contribution in [1.82, 2.24) is 15.1 Å². The average molecular weight is 370 g/mol. The van der Waals surface area contributed by atoms with Crippen LogP contribution in [0.15, 0.2) is 0 Å². The standard InChI is InChI=1S/C19H35N3O4/c1-4-14(5-2)18(22-7-9-26-10-8-22)19(25)20-15-11-16(12-15)21(6-3)13-17(23)24/h14-16,18H,4-13H2,1-3H3,(H,20,25)(H,23,24). The number of hydrogen-bond donors (Lipinski definition) is 2. The SMILES string of the molecule is CCC(CC)C(C(=O)NC1CC(N(CC)CC(=O)O)C1)N1CCOCC1. The fourth-order valence-electron chi connectivity index (χ4n) is 4.23. The lowest BCUT2D eigenvalue weighted by molar-refractivity contribution is -0.140. The van der Waals surface area contributed by atoms with Crippen LogP contribution in [0, 0.1) is 5.92 Å². The Morgan fingerprint density at radius 3 is 2.31 bits per heavy atom. The van der Waals surface area contributed by atoms with Gasteiger partial charge in [-0.25, -0.2) is 0 Å². The highest BCUT2D eigenvalue weighted by molar-refractivity contribution is 5.82. The highest BCUT2D eigenvalue weighted by Gasteiger charge is 2.38. The third kappa shape index (κ3) is 5.41. The van der Waals surface area contributed by atoms with E-state index in [-0.39, 0.29) is 30.6 Å². The summed E-state index contributed by atoms with van der Waals surface area (Å²) in [6.07, 6.45) is 3.65. The van der Waals surface area contributed by atoms with Crippen LogP contribution < -0.4 is 5.32 Å². The summed E-state index contributed by atoms with van der Waals surface area (Å²) < 4.78 is 5.45. The first kappa shape index (κ1) is 21.1. The molecule has 1 aliphatic heterocycles. The topological polar surface area (TPSA) is 82.1 Å². The Morgan fingerprint density at radius 2 is 1.81 bits per heavy atom. The normalized spacial score (nSPS) is 25.1. The lowest BCUT2D eigenvalue weighted by Crippen LogP contribution is -2.60. The third-order valence-corrected chi connectivity index (χ3v) is 5.92. The Hall–Kier alpha value is -1.18. The summed E-state index contributed by atoms with van der Waals surface area (Å²) in [6, 6.07) is 0.332. The summed E-state index contributed by atoms with van der Waals surface area (Å²) >= 11 is 0. The second kappa shape index (κ2) is 10.2. The van der Waals surface area contributed by atoms with Gasteiger partial charge in [-0.3, -0.25) is 19.4 Å². The van der Waals surface area contributed by atoms with Gasteiger partial charge in [0.05, 0.1) is 25.8 Å². The van der Waals surface area contributed by atoms with Crippen molar-refractivity contribution in [2.75, 3.05) is 39.4 Å². The zero-order valence-corrected chi connectivity index (χ0v) is 16.4. The number of hydrogen-bond acceptors (Lipinski definition) is 5. The maximum Gasteiger partial charge on any atom is 0.317 e. The predicted octanol–water partition coefficient (Wildman–Crippen LogP) is 1.18. The van der Waals surface area contributed by atoms with Crippen molar-refractivity contribution >= 4 is 11.9 Å². The van der Waals surface area contributed by atoms with Gasteiger partial charge < -0.3 is 15.2 Å². The second-order valence-corrected chi connectivity index (χ2v) is 7.46. The number of carboxylic acids is 1. The molecular weight excluding hydrogens is 334 g/mol. The number of likely N-dealkylation sites (N-methyl/N-ethyl adjacent to an activating group) is 1. The number of morpholine rings is 1. The Balaban J connectivity index is 1.90. The highest BCUT2D eigenvalue weighted by Crippen LogP contribution is 2.27. The van der Waals surface area contributed by atoms with Crippen LogP contribution >= 0.6 is 0 Å². The van der Waals surface area contributed by atoms with Crippen molar-refractivity contribution in [3.63, 3.8) is 0 Å². The molecule has 2 fully saturated rings. The minimum absolute atomic E-state index is 0.0754. The van der Waals surface area contributed by atoms with Gasteiger partial charge in [-0.2, -0.15) is 0 Å². The van der Waals surface area contributed by atoms with E-state index in [1.54, 1.807) is 0 Å². The van der Waals surface area contributed by atoms with Gasteiger partial charge in [0.25, 0.3) is 0 Å². The minimum Gasteiger partial charge on any atom is -0.480 e. The van der Waals surface area contributed by atoms with E-state index in [1.165, 1.54) is 0 Å². The number of carbonyl (C=O) groups excluding carboxylic acids is 1. The first-order valence-corrected chi connectivity index (χ1v) is 10.1. The molecule has 7 heteroatoms. The van der Waals surface area contributed by atoms with E-state index in [0.29, 0.717) is 19.1 Å². The van der Waals surface area contributed by atoms with Crippen molar-refractivity contribution in [3.05, 3.63) is 0 Å². The van der Waals surface area contributed by atoms with Gasteiger partial charge in [-0.15, -0.1) is 0 Å². The minimum atomic E-state index is -0.791. The summed E-state index contributed by atoms with van der Waals surface area (Å²) in [6.45, 7) is 10.1. The quantitative estimate of drug-likeness (QED) is 0.602. The molecule has 2 rings (SSSR count). The smallest absolute Gasteiger partial charge is 0.317 e. The van der Waals surface area contributed by atoms with Crippen molar-refractivity contribution in [1.29, 1.82) is 0 Å². The molecule has 1 atom stereocenters. The predicted molar refractivity (Wildman–Crippen MR) is 100 cm³/mol. The molecule has 0 aromatic rings. The molecule has 1 amide bonds. The van der Waals surface area contributed by atoms with Crippen LogP contribution in [0.4, 0.5) is 0 Å². The van der Waals surface area contributed by atoms with Crippen molar-refractivity contribution in [3.8, 4) is 0 Å². The second-order valence-electron chi connectivity index (χ2n) is 7.46. The molecule has 2 aliphatic rings. The molecule has 1 saturated carbocycles. The van der Waals surface area contributed by atoms with Crippen molar-refractivity contribution in [2.45, 2.75) is 64.6 Å². The Morgan fingerprint density at radius 1 is 1.19 bits per heavy atom. The number of ether oxygens (including phenoxy) is 1. The van der Waals surface area contributed by atoms with E-state index in [9.17, 15) is 9.59 Å². The van der Waals surface area contributed by atoms with Gasteiger partial charge in [-0.05, 0) is 25.3 Å². The monoisotopic (exact) mass is 369 g/mol. The summed E-state index contributed by atoms with van der Waals surface area (Å²) in [7, 11) is 0. The molecule has 1 saturated heterocycles. The number of amides is 1. The van der Waals surface area contributed by atoms with Gasteiger partial charge in [0.1, 0.15) is 0 Å². The van der Waals surface area contributed by atoms with Gasteiger partial charge in [0, 0.05) is 25.2 Å². The molecular formula is C19H35N3O4. The number of nitrogens with one attached hydrogen (secondary N) is 1. The van der Waals surface area contributed by atoms with Crippen molar-refractivity contribution < 1.29 is 19.4 Å². The van der Waals surface area contributed by atoms with E-state index < -0.39 is 5.97 Å². The van der Waals surface area contributed by atoms with Crippen LogP contribution in [0.3, 0.4) is 0 Å². The summed E-state index contributed by atoms with van der Waals surface area (Å²) in [5.41, 5.74) is 0. The van der Waals surface area contributed by atoms with Crippen LogP contribution in [-0.2, 0) is 14.3 Å². The maximum atomic E-state index is 13.0. The molecule has 150 valence electrons. The zero-order chi connectivity index (χ0) is 19.1. The van der Waals surface area contributed by atoms with Gasteiger partial charge >= 0.3 is 5.97 Å². The molecule has 0 spiro atoms. The molecule has 26 heavy (non-hydrogen) atoms. The molecule has 0 bridgehead atoms. The fourth-order valence-corrected chi connectivity index (χ4v) is 4.23. The number of carbonyl (C=O) groups is 2. The molecule has 0 aromatic carbocycles. The van der Waals surface area contributed by atoms with Gasteiger partial charge in [0.2, 0.25) is 5.91 Å². The zero-order valence-electron chi connectivity index (χ0n) is 16.4. The fraction of sp³-hybridized carbons (Fsp3) is 0.895. The van der Waals surface area contributed by atoms with E-state index >= 15 is 0 Å². The number of rotatable bonds is 10. The van der Waals surface area contributed by atoms with Crippen LogP contribution in [0.1, 0.15) is 46.5 Å². The highest BCUT2D eigenvalue weighted by atomic mass is 16.5. The first-order valence-electron chi connectivity index (χ1n) is 10.1. The first-order chi connectivity index (χ1) is 12.5. The van der Waals surface area contributed by atoms with E-state index in [0.717, 1.165) is 45.3 Å². The largest absolute Gasteiger partial charge is 0.480 e. The van der Waals surface area contributed by atoms with Gasteiger partial charge in [-0.1, -0.05) is 33.6 Å². The average Bonchev–Trinajstić information content (AvgIpc) is 2.60. The van der Waals surface area contributed by atoms with Crippen LogP contribution in [0.25, 0.3) is 0 Å². The number of aliphatic carboxylic acids is 1. The maximum absolute atomic E-state index is 13.0. The number of nitrogens with zero attached hydrogens (tertiary/aromatic N) is 2. The van der Waals surface area contributed by atoms with E-state index in [2.05, 4.69) is 24.1 Å². The van der Waals surface area contributed by atoms with Crippen LogP contribution in [0.2, 0.25) is 0 Å². The lowest BCUT2D eigenvalue weighted by Gasteiger charge is -2.44. The Bertz CT molecular complexity index is 458. The molecule has 0 radical (unpaired) electrons. The molecule has 2 N–H and O–H groups in total. The summed E-state index contributed by atoms with van der Waals surface area (Å²) in [4.78, 5) is 28.2. The van der Waals surface area contributed by atoms with Gasteiger partial charge in [0.15, 0.2) is 0 Å². The van der Waals surface area contributed by atoms with Crippen molar-refractivity contribution in [2.24, 2.45) is 5.92 Å². The molecule has 1 aliphatic carbocycles. The third-order valence-electron chi connectivity index (χ3n) is 5.92. The molecule has 1 unspecified atom stereocenters. The number of carboxylic acid groups (broad SMARTS) is 1. The Labute approximate surface area is 157 Å². The summed E-state index contributed by atoms with van der Waals surface area (Å²) in [5, 5.41) is 12.2. The Kier molecular flexibility index (Phi) is 8.31. The van der Waals surface area contributed by atoms with E-state index in [4.69, 9.17) is 9.84 Å². The molecule has 1 heterocycles. The lowest BCUT2D eigenvalue weighted by atomic mass is 9.84. The van der Waals surface area contributed by atoms with Crippen LogP contribution in [0.5, 0.6) is 0 Å². The van der Waals surface area contributed by atoms with E-state index in [1.807, 2.05) is 11.8 Å². The molecule has 0 aromatic heterocycles. The molecule has 7 nitrogen and oxygen atoms in total.